The number of rotatable bonds is 5. The number of methoxy groups -OCH3 is 1. The van der Waals surface area contributed by atoms with Crippen molar-refractivity contribution in [3.8, 4) is 16.9 Å². The van der Waals surface area contributed by atoms with E-state index >= 15 is 0 Å². The summed E-state index contributed by atoms with van der Waals surface area (Å²) in [5, 5.41) is 15.0. The molecule has 2 aromatic rings. The fourth-order valence-corrected chi connectivity index (χ4v) is 2.06. The Balaban J connectivity index is 2.43. The molecule has 0 amide bonds. The zero-order chi connectivity index (χ0) is 15.6. The topological polar surface area (TPSA) is 70.2 Å². The lowest BCUT2D eigenvalue weighted by Crippen LogP contribution is -2.04. The fourth-order valence-electron chi connectivity index (χ4n) is 2.06. The van der Waals surface area contributed by atoms with E-state index in [1.54, 1.807) is 17.1 Å². The van der Waals surface area contributed by atoms with Gasteiger partial charge in [0, 0.05) is 18.3 Å². The van der Waals surface area contributed by atoms with Gasteiger partial charge in [-0.25, -0.2) is 0 Å². The van der Waals surface area contributed by atoms with Crippen LogP contribution in [0.2, 0.25) is 0 Å². The van der Waals surface area contributed by atoms with Gasteiger partial charge < -0.3 is 4.74 Å². The molecule has 0 atom stereocenters. The molecule has 0 saturated heterocycles. The average Bonchev–Trinajstić information content (AvgIpc) is 2.84. The third-order valence-electron chi connectivity index (χ3n) is 2.95. The van der Waals surface area contributed by atoms with Crippen LogP contribution in [-0.4, -0.2) is 21.8 Å². The van der Waals surface area contributed by atoms with E-state index in [0.717, 1.165) is 12.6 Å². The van der Waals surface area contributed by atoms with Gasteiger partial charge in [-0.2, -0.15) is 9.49 Å². The fraction of sp³-hybridized carbons (Fsp3) is 0.357. The highest BCUT2D eigenvalue weighted by Gasteiger charge is 2.23. The molecule has 1 aromatic heterocycles. The van der Waals surface area contributed by atoms with Crippen molar-refractivity contribution in [2.45, 2.75) is 20.4 Å². The molecule has 21 heavy (non-hydrogen) atoms. The normalized spacial score (nSPS) is 10.9. The summed E-state index contributed by atoms with van der Waals surface area (Å²) >= 11 is 0. The van der Waals surface area contributed by atoms with Gasteiger partial charge in [0.25, 0.3) is 0 Å². The van der Waals surface area contributed by atoms with Crippen LogP contribution in [0.5, 0.6) is 5.75 Å². The van der Waals surface area contributed by atoms with Gasteiger partial charge in [0.05, 0.1) is 18.2 Å². The highest BCUT2D eigenvalue weighted by Crippen LogP contribution is 2.34. The number of hydrogen-bond acceptors (Lipinski definition) is 4. The van der Waals surface area contributed by atoms with Gasteiger partial charge >= 0.3 is 5.69 Å². The van der Waals surface area contributed by atoms with Crippen LogP contribution in [0, 0.1) is 21.8 Å². The van der Waals surface area contributed by atoms with E-state index in [4.69, 9.17) is 4.74 Å². The Morgan fingerprint density at radius 3 is 2.71 bits per heavy atom. The van der Waals surface area contributed by atoms with Crippen molar-refractivity contribution in [2.24, 2.45) is 5.92 Å². The number of ether oxygens (including phenoxy) is 1. The molecule has 0 unspecified atom stereocenters. The van der Waals surface area contributed by atoms with E-state index < -0.39 is 16.4 Å². The van der Waals surface area contributed by atoms with E-state index in [-0.39, 0.29) is 5.75 Å². The molecule has 0 spiro atoms. The maximum Gasteiger partial charge on any atom is 0.346 e. The summed E-state index contributed by atoms with van der Waals surface area (Å²) in [6.45, 7) is 4.87. The van der Waals surface area contributed by atoms with Crippen molar-refractivity contribution in [3.05, 3.63) is 40.5 Å². The van der Waals surface area contributed by atoms with Gasteiger partial charge in [0.1, 0.15) is 0 Å². The number of hydrogen-bond donors (Lipinski definition) is 0. The first-order valence-corrected chi connectivity index (χ1v) is 6.47. The summed E-state index contributed by atoms with van der Waals surface area (Å²) in [6.07, 6.45) is 3.38. The van der Waals surface area contributed by atoms with Crippen molar-refractivity contribution in [1.82, 2.24) is 9.78 Å². The van der Waals surface area contributed by atoms with Gasteiger partial charge in [-0.1, -0.05) is 13.8 Å². The lowest BCUT2D eigenvalue weighted by molar-refractivity contribution is -0.388. The van der Waals surface area contributed by atoms with Gasteiger partial charge in [0.15, 0.2) is 0 Å². The van der Waals surface area contributed by atoms with Crippen molar-refractivity contribution < 1.29 is 14.1 Å². The second-order valence-electron chi connectivity index (χ2n) is 5.11. The Kier molecular flexibility index (Phi) is 4.21. The summed E-state index contributed by atoms with van der Waals surface area (Å²) in [4.78, 5) is 10.1. The first kappa shape index (κ1) is 15.0. The van der Waals surface area contributed by atoms with Crippen LogP contribution in [0.25, 0.3) is 11.1 Å². The smallest absolute Gasteiger partial charge is 0.346 e. The second kappa shape index (κ2) is 5.90. The lowest BCUT2D eigenvalue weighted by atomic mass is 10.1. The predicted octanol–water partition coefficient (Wildman–Crippen LogP) is 3.26. The third-order valence-corrected chi connectivity index (χ3v) is 2.95. The summed E-state index contributed by atoms with van der Waals surface area (Å²) in [7, 11) is 1.27. The largest absolute Gasteiger partial charge is 0.490 e. The Morgan fingerprint density at radius 2 is 2.14 bits per heavy atom. The summed E-state index contributed by atoms with van der Waals surface area (Å²) in [6, 6.07) is 2.56. The minimum absolute atomic E-state index is 0.105. The number of aromatic nitrogens is 2. The number of halogens is 1. The summed E-state index contributed by atoms with van der Waals surface area (Å²) in [5.74, 6) is -0.599. The van der Waals surface area contributed by atoms with Gasteiger partial charge in [-0.05, 0) is 23.6 Å². The number of nitrogens with zero attached hydrogens (tertiary/aromatic N) is 3. The Bertz CT molecular complexity index is 667. The molecule has 1 aromatic carbocycles. The van der Waals surface area contributed by atoms with Gasteiger partial charge in [-0.3, -0.25) is 14.8 Å². The van der Waals surface area contributed by atoms with Crippen LogP contribution in [0.3, 0.4) is 0 Å². The quantitative estimate of drug-likeness (QED) is 0.626. The standard InChI is InChI=1S/C14H16FN3O3/c1-9(2)7-17-8-11(6-16-17)10-4-12(15)14(18(19)20)13(5-10)21-3/h4-6,8-9H,7H2,1-3H3. The highest BCUT2D eigenvalue weighted by atomic mass is 19.1. The molecule has 0 radical (unpaired) electrons. The van der Waals surface area contributed by atoms with Crippen LogP contribution in [0.15, 0.2) is 24.5 Å². The molecular weight excluding hydrogens is 277 g/mol. The molecule has 0 aliphatic heterocycles. The second-order valence-corrected chi connectivity index (χ2v) is 5.11. The molecule has 2 rings (SSSR count). The molecule has 0 aliphatic rings. The first-order chi connectivity index (χ1) is 9.92. The minimum atomic E-state index is -0.925. The third kappa shape index (κ3) is 3.18. The van der Waals surface area contributed by atoms with E-state index in [9.17, 15) is 14.5 Å². The minimum Gasteiger partial charge on any atom is -0.490 e. The Hall–Kier alpha value is -2.44. The monoisotopic (exact) mass is 293 g/mol. The SMILES string of the molecule is COc1cc(-c2cnn(CC(C)C)c2)cc(F)c1[N+](=O)[O-]. The summed E-state index contributed by atoms with van der Waals surface area (Å²) < 4.78 is 20.6. The molecule has 0 fully saturated rings. The van der Waals surface area contributed by atoms with Crippen molar-refractivity contribution in [2.75, 3.05) is 7.11 Å². The van der Waals surface area contributed by atoms with Crippen molar-refractivity contribution >= 4 is 5.69 Å². The van der Waals surface area contributed by atoms with Crippen LogP contribution in [-0.2, 0) is 6.54 Å². The van der Waals surface area contributed by atoms with E-state index in [1.807, 2.05) is 0 Å². The highest BCUT2D eigenvalue weighted by molar-refractivity contribution is 5.67. The number of nitro benzene ring substituents is 1. The molecular formula is C14H16FN3O3. The molecule has 0 bridgehead atoms. The van der Waals surface area contributed by atoms with Crippen LogP contribution < -0.4 is 4.74 Å². The van der Waals surface area contributed by atoms with Crippen molar-refractivity contribution in [1.29, 1.82) is 0 Å². The zero-order valence-electron chi connectivity index (χ0n) is 12.0. The number of benzene rings is 1. The Labute approximate surface area is 121 Å². The van der Waals surface area contributed by atoms with Gasteiger partial charge in [0.2, 0.25) is 11.6 Å². The molecule has 7 heteroatoms. The molecule has 1 heterocycles. The van der Waals surface area contributed by atoms with Crippen LogP contribution in [0.1, 0.15) is 13.8 Å². The maximum atomic E-state index is 13.9. The predicted molar refractivity (Wildman–Crippen MR) is 75.7 cm³/mol. The van der Waals surface area contributed by atoms with E-state index in [2.05, 4.69) is 18.9 Å². The van der Waals surface area contributed by atoms with E-state index in [0.29, 0.717) is 17.0 Å². The first-order valence-electron chi connectivity index (χ1n) is 6.47. The lowest BCUT2D eigenvalue weighted by Gasteiger charge is -2.06. The Morgan fingerprint density at radius 1 is 1.43 bits per heavy atom. The van der Waals surface area contributed by atoms with Crippen LogP contribution in [0.4, 0.5) is 10.1 Å². The number of nitro groups is 1. The zero-order valence-corrected chi connectivity index (χ0v) is 12.0. The molecule has 0 N–H and O–H groups in total. The maximum absolute atomic E-state index is 13.9. The summed E-state index contributed by atoms with van der Waals surface area (Å²) in [5.41, 5.74) is 0.517. The average molecular weight is 293 g/mol. The molecule has 112 valence electrons. The molecule has 6 nitrogen and oxygen atoms in total. The van der Waals surface area contributed by atoms with Gasteiger partial charge in [-0.15, -0.1) is 0 Å². The molecule has 0 aliphatic carbocycles. The molecule has 0 saturated carbocycles. The van der Waals surface area contributed by atoms with Crippen LogP contribution >= 0.6 is 0 Å². The van der Waals surface area contributed by atoms with E-state index in [1.165, 1.54) is 13.2 Å². The van der Waals surface area contributed by atoms with Crippen molar-refractivity contribution in [3.63, 3.8) is 0 Å².